The lowest BCUT2D eigenvalue weighted by Crippen LogP contribution is -2.39. The minimum Gasteiger partial charge on any atom is -0.356 e. The van der Waals surface area contributed by atoms with Gasteiger partial charge in [0.05, 0.1) is 0 Å². The topological polar surface area (TPSA) is 36.4 Å². The van der Waals surface area contributed by atoms with Gasteiger partial charge in [-0.05, 0) is 36.5 Å². The highest BCUT2D eigenvalue weighted by molar-refractivity contribution is 6.30. The Kier molecular flexibility index (Phi) is 4.48. The van der Waals surface area contributed by atoms with Crippen LogP contribution in [0.2, 0.25) is 5.02 Å². The number of guanidine groups is 1. The second-order valence-electron chi connectivity index (χ2n) is 4.84. The van der Waals surface area contributed by atoms with Crippen molar-refractivity contribution in [1.82, 2.24) is 10.6 Å². The number of aliphatic imine (C=N–C) groups is 1. The second-order valence-corrected chi connectivity index (χ2v) is 5.28. The molecule has 4 heteroatoms. The van der Waals surface area contributed by atoms with E-state index in [0.29, 0.717) is 6.04 Å². The van der Waals surface area contributed by atoms with E-state index in [1.165, 1.54) is 12.0 Å². The quantitative estimate of drug-likeness (QED) is 0.648. The Bertz CT molecular complexity index is 414. The molecule has 1 saturated carbocycles. The monoisotopic (exact) mass is 265 g/mol. The molecule has 2 rings (SSSR count). The van der Waals surface area contributed by atoms with E-state index in [-0.39, 0.29) is 0 Å². The lowest BCUT2D eigenvalue weighted by atomic mass is 10.1. The number of hydrogen-bond donors (Lipinski definition) is 2. The van der Waals surface area contributed by atoms with Crippen LogP contribution in [0.3, 0.4) is 0 Å². The maximum absolute atomic E-state index is 5.85. The van der Waals surface area contributed by atoms with Crippen LogP contribution in [0.4, 0.5) is 0 Å². The van der Waals surface area contributed by atoms with Gasteiger partial charge in [-0.1, -0.05) is 30.7 Å². The summed E-state index contributed by atoms with van der Waals surface area (Å²) in [6.45, 7) is 3.13. The first-order valence-corrected chi connectivity index (χ1v) is 6.78. The molecule has 98 valence electrons. The van der Waals surface area contributed by atoms with E-state index in [9.17, 15) is 0 Å². The molecule has 0 aromatic heterocycles. The SMILES string of the molecule is CN=C(NCCc1ccc(Cl)cc1)NC1CC1C. The molecule has 1 aromatic carbocycles. The van der Waals surface area contributed by atoms with Crippen LogP contribution in [0.15, 0.2) is 29.3 Å². The number of rotatable bonds is 4. The summed E-state index contributed by atoms with van der Waals surface area (Å²) in [5.74, 6) is 1.68. The normalized spacial score (nSPS) is 22.7. The largest absolute Gasteiger partial charge is 0.356 e. The van der Waals surface area contributed by atoms with E-state index in [0.717, 1.165) is 29.9 Å². The van der Waals surface area contributed by atoms with Gasteiger partial charge in [-0.15, -0.1) is 0 Å². The van der Waals surface area contributed by atoms with E-state index < -0.39 is 0 Å². The Hall–Kier alpha value is -1.22. The van der Waals surface area contributed by atoms with E-state index in [2.05, 4.69) is 34.7 Å². The fourth-order valence-corrected chi connectivity index (χ4v) is 2.00. The van der Waals surface area contributed by atoms with Crippen molar-refractivity contribution in [3.63, 3.8) is 0 Å². The van der Waals surface area contributed by atoms with Gasteiger partial charge in [0.2, 0.25) is 0 Å². The van der Waals surface area contributed by atoms with Gasteiger partial charge in [0.25, 0.3) is 0 Å². The molecule has 0 amide bonds. The Balaban J connectivity index is 1.72. The summed E-state index contributed by atoms with van der Waals surface area (Å²) in [7, 11) is 1.81. The van der Waals surface area contributed by atoms with E-state index in [4.69, 9.17) is 11.6 Å². The highest BCUT2D eigenvalue weighted by atomic mass is 35.5. The minimum absolute atomic E-state index is 0.603. The summed E-state index contributed by atoms with van der Waals surface area (Å²) in [6.07, 6.45) is 2.22. The average Bonchev–Trinajstić information content (AvgIpc) is 3.06. The third-order valence-electron chi connectivity index (χ3n) is 3.27. The van der Waals surface area contributed by atoms with Crippen molar-refractivity contribution in [3.05, 3.63) is 34.9 Å². The predicted molar refractivity (Wildman–Crippen MR) is 77.2 cm³/mol. The summed E-state index contributed by atoms with van der Waals surface area (Å²) in [6, 6.07) is 8.57. The number of halogens is 1. The molecule has 0 saturated heterocycles. The molecule has 0 bridgehead atoms. The van der Waals surface area contributed by atoms with E-state index in [1.54, 1.807) is 0 Å². The molecule has 1 aliphatic rings. The van der Waals surface area contributed by atoms with Crippen LogP contribution >= 0.6 is 11.6 Å². The highest BCUT2D eigenvalue weighted by Crippen LogP contribution is 2.28. The van der Waals surface area contributed by atoms with Gasteiger partial charge >= 0.3 is 0 Å². The summed E-state index contributed by atoms with van der Waals surface area (Å²) in [4.78, 5) is 4.22. The summed E-state index contributed by atoms with van der Waals surface area (Å²) in [5.41, 5.74) is 1.28. The van der Waals surface area contributed by atoms with Gasteiger partial charge in [0, 0.05) is 24.7 Å². The molecule has 18 heavy (non-hydrogen) atoms. The number of nitrogens with zero attached hydrogens (tertiary/aromatic N) is 1. The molecule has 1 aliphatic carbocycles. The third-order valence-corrected chi connectivity index (χ3v) is 3.53. The third kappa shape index (κ3) is 3.91. The average molecular weight is 266 g/mol. The van der Waals surface area contributed by atoms with Gasteiger partial charge in [-0.25, -0.2) is 0 Å². The smallest absolute Gasteiger partial charge is 0.191 e. The molecule has 0 spiro atoms. The second kappa shape index (κ2) is 6.10. The Morgan fingerprint density at radius 1 is 1.39 bits per heavy atom. The first-order valence-electron chi connectivity index (χ1n) is 6.40. The minimum atomic E-state index is 0.603. The first-order chi connectivity index (χ1) is 8.69. The molecule has 1 aromatic rings. The maximum atomic E-state index is 5.85. The van der Waals surface area contributed by atoms with Gasteiger partial charge in [-0.2, -0.15) is 0 Å². The number of benzene rings is 1. The molecule has 2 unspecified atom stereocenters. The first kappa shape index (κ1) is 13.2. The lowest BCUT2D eigenvalue weighted by molar-refractivity contribution is 0.758. The fourth-order valence-electron chi connectivity index (χ4n) is 1.87. The van der Waals surface area contributed by atoms with Crippen LogP contribution in [0.1, 0.15) is 18.9 Å². The van der Waals surface area contributed by atoms with Gasteiger partial charge in [0.15, 0.2) is 5.96 Å². The van der Waals surface area contributed by atoms with Crippen molar-refractivity contribution in [3.8, 4) is 0 Å². The zero-order chi connectivity index (χ0) is 13.0. The Morgan fingerprint density at radius 2 is 2.06 bits per heavy atom. The molecule has 2 N–H and O–H groups in total. The number of nitrogens with one attached hydrogen (secondary N) is 2. The summed E-state index contributed by atoms with van der Waals surface area (Å²) >= 11 is 5.85. The molecule has 2 atom stereocenters. The highest BCUT2D eigenvalue weighted by Gasteiger charge is 2.33. The van der Waals surface area contributed by atoms with Crippen molar-refractivity contribution in [2.75, 3.05) is 13.6 Å². The van der Waals surface area contributed by atoms with Crippen molar-refractivity contribution < 1.29 is 0 Å². The van der Waals surface area contributed by atoms with Crippen LogP contribution in [0.5, 0.6) is 0 Å². The van der Waals surface area contributed by atoms with Crippen LogP contribution in [0.25, 0.3) is 0 Å². The van der Waals surface area contributed by atoms with Crippen molar-refractivity contribution in [2.24, 2.45) is 10.9 Å². The standard InChI is InChI=1S/C14H20ClN3/c1-10-9-13(10)18-14(16-2)17-8-7-11-3-5-12(15)6-4-11/h3-6,10,13H,7-9H2,1-2H3,(H2,16,17,18). The van der Waals surface area contributed by atoms with Gasteiger partial charge < -0.3 is 10.6 Å². The zero-order valence-electron chi connectivity index (χ0n) is 10.9. The molecule has 0 heterocycles. The molecule has 3 nitrogen and oxygen atoms in total. The van der Waals surface area contributed by atoms with E-state index >= 15 is 0 Å². The van der Waals surface area contributed by atoms with Crippen molar-refractivity contribution >= 4 is 17.6 Å². The van der Waals surface area contributed by atoms with Gasteiger partial charge in [0.1, 0.15) is 0 Å². The molecule has 0 aliphatic heterocycles. The van der Waals surface area contributed by atoms with E-state index in [1.807, 2.05) is 19.2 Å². The van der Waals surface area contributed by atoms with Crippen LogP contribution in [-0.2, 0) is 6.42 Å². The van der Waals surface area contributed by atoms with Crippen LogP contribution in [-0.4, -0.2) is 25.6 Å². The van der Waals surface area contributed by atoms with Crippen molar-refractivity contribution in [2.45, 2.75) is 25.8 Å². The van der Waals surface area contributed by atoms with Crippen LogP contribution in [0, 0.1) is 5.92 Å². The Morgan fingerprint density at radius 3 is 2.61 bits per heavy atom. The number of hydrogen-bond acceptors (Lipinski definition) is 1. The zero-order valence-corrected chi connectivity index (χ0v) is 11.7. The van der Waals surface area contributed by atoms with Crippen LogP contribution < -0.4 is 10.6 Å². The summed E-state index contributed by atoms with van der Waals surface area (Å²) in [5, 5.41) is 7.52. The maximum Gasteiger partial charge on any atom is 0.191 e. The lowest BCUT2D eigenvalue weighted by Gasteiger charge is -2.11. The molecular formula is C14H20ClN3. The summed E-state index contributed by atoms with van der Waals surface area (Å²) < 4.78 is 0. The molecule has 0 radical (unpaired) electrons. The molecular weight excluding hydrogens is 246 g/mol. The van der Waals surface area contributed by atoms with Crippen molar-refractivity contribution in [1.29, 1.82) is 0 Å². The van der Waals surface area contributed by atoms with Gasteiger partial charge in [-0.3, -0.25) is 4.99 Å². The molecule has 1 fully saturated rings. The Labute approximate surface area is 114 Å². The fraction of sp³-hybridized carbons (Fsp3) is 0.500. The predicted octanol–water partition coefficient (Wildman–Crippen LogP) is 2.46.